The van der Waals surface area contributed by atoms with E-state index in [9.17, 15) is 5.11 Å². The number of piperidine rings is 1. The maximum atomic E-state index is 9.50. The zero-order valence-electron chi connectivity index (χ0n) is 10.7. The molecule has 1 heterocycles. The topological polar surface area (TPSA) is 35.5 Å². The normalized spacial score (nSPS) is 42.2. The van der Waals surface area contributed by atoms with Gasteiger partial charge in [0, 0.05) is 18.1 Å². The highest BCUT2D eigenvalue weighted by atomic mass is 16.3. The third-order valence-electron chi connectivity index (χ3n) is 4.22. The van der Waals surface area contributed by atoms with E-state index in [0.717, 1.165) is 25.7 Å². The second-order valence-electron chi connectivity index (χ2n) is 5.67. The molecule has 0 radical (unpaired) electrons. The average Bonchev–Trinajstić information content (AvgIpc) is 2.26. The fourth-order valence-electron chi connectivity index (χ4n) is 3.09. The van der Waals surface area contributed by atoms with E-state index in [1.54, 1.807) is 0 Å². The Hall–Kier alpha value is -0.120. The molecule has 94 valence electrons. The van der Waals surface area contributed by atoms with Gasteiger partial charge in [-0.15, -0.1) is 0 Å². The summed E-state index contributed by atoms with van der Waals surface area (Å²) in [7, 11) is 0. The third kappa shape index (κ3) is 2.96. The van der Waals surface area contributed by atoms with Gasteiger partial charge in [0.2, 0.25) is 0 Å². The Kier molecular flexibility index (Phi) is 4.22. The fraction of sp³-hybridized carbons (Fsp3) is 1.00. The number of nitrogens with one attached hydrogen (secondary N) is 1. The molecule has 0 amide bonds. The van der Waals surface area contributed by atoms with Gasteiger partial charge in [-0.3, -0.25) is 5.43 Å². The van der Waals surface area contributed by atoms with Crippen LogP contribution in [0.2, 0.25) is 0 Å². The lowest BCUT2D eigenvalue weighted by Gasteiger charge is -2.42. The van der Waals surface area contributed by atoms with Gasteiger partial charge in [-0.2, -0.15) is 0 Å². The molecular weight excluding hydrogens is 200 g/mol. The highest BCUT2D eigenvalue weighted by molar-refractivity contribution is 4.81. The number of aliphatic hydroxyl groups is 1. The van der Waals surface area contributed by atoms with Crippen molar-refractivity contribution >= 4 is 0 Å². The summed E-state index contributed by atoms with van der Waals surface area (Å²) in [6.45, 7) is 4.64. The first kappa shape index (κ1) is 12.3. The number of hydrazine groups is 1. The van der Waals surface area contributed by atoms with E-state index in [1.807, 2.05) is 0 Å². The van der Waals surface area contributed by atoms with E-state index in [4.69, 9.17) is 0 Å². The standard InChI is InChI=1S/C13H26N2O/c1-10-4-3-5-11(2)15(10)14-12-6-8-13(16)9-7-12/h10-14,16H,3-9H2,1-2H3. The lowest BCUT2D eigenvalue weighted by Crippen LogP contribution is -2.56. The summed E-state index contributed by atoms with van der Waals surface area (Å²) < 4.78 is 0. The molecule has 2 rings (SSSR count). The molecule has 1 saturated carbocycles. The zero-order valence-corrected chi connectivity index (χ0v) is 10.7. The van der Waals surface area contributed by atoms with Crippen molar-refractivity contribution in [3.63, 3.8) is 0 Å². The van der Waals surface area contributed by atoms with Gasteiger partial charge in [-0.05, 0) is 52.4 Å². The molecule has 3 heteroatoms. The molecule has 1 aliphatic carbocycles. The summed E-state index contributed by atoms with van der Waals surface area (Å²) in [6, 6.07) is 1.91. The second kappa shape index (κ2) is 5.48. The molecule has 2 N–H and O–H groups in total. The van der Waals surface area contributed by atoms with E-state index in [1.165, 1.54) is 19.3 Å². The zero-order chi connectivity index (χ0) is 11.5. The molecule has 2 fully saturated rings. The molecule has 0 aromatic carbocycles. The maximum Gasteiger partial charge on any atom is 0.0541 e. The Morgan fingerprint density at radius 1 is 0.938 bits per heavy atom. The molecule has 1 saturated heterocycles. The molecule has 0 aromatic heterocycles. The lowest BCUT2D eigenvalue weighted by atomic mass is 9.93. The smallest absolute Gasteiger partial charge is 0.0541 e. The van der Waals surface area contributed by atoms with Crippen molar-refractivity contribution in [3.8, 4) is 0 Å². The van der Waals surface area contributed by atoms with Crippen LogP contribution < -0.4 is 5.43 Å². The van der Waals surface area contributed by atoms with Gasteiger partial charge in [0.1, 0.15) is 0 Å². The van der Waals surface area contributed by atoms with Crippen molar-refractivity contribution in [2.45, 2.75) is 83.0 Å². The minimum atomic E-state index is -0.0470. The van der Waals surface area contributed by atoms with E-state index in [-0.39, 0.29) is 6.10 Å². The van der Waals surface area contributed by atoms with Gasteiger partial charge in [0.05, 0.1) is 6.10 Å². The maximum absolute atomic E-state index is 9.50. The number of rotatable bonds is 2. The molecule has 2 unspecified atom stereocenters. The van der Waals surface area contributed by atoms with Crippen molar-refractivity contribution < 1.29 is 5.11 Å². The molecule has 3 nitrogen and oxygen atoms in total. The minimum Gasteiger partial charge on any atom is -0.393 e. The van der Waals surface area contributed by atoms with Crippen LogP contribution in [-0.2, 0) is 0 Å². The van der Waals surface area contributed by atoms with Crippen molar-refractivity contribution in [3.05, 3.63) is 0 Å². The predicted octanol–water partition coefficient (Wildman–Crippen LogP) is 2.06. The van der Waals surface area contributed by atoms with Crippen LogP contribution >= 0.6 is 0 Å². The first-order valence-corrected chi connectivity index (χ1v) is 6.89. The van der Waals surface area contributed by atoms with Gasteiger partial charge in [0.25, 0.3) is 0 Å². The van der Waals surface area contributed by atoms with Crippen molar-refractivity contribution in [1.82, 2.24) is 10.4 Å². The monoisotopic (exact) mass is 226 g/mol. The summed E-state index contributed by atoms with van der Waals surface area (Å²) in [5, 5.41) is 12.0. The van der Waals surface area contributed by atoms with Crippen LogP contribution in [0.15, 0.2) is 0 Å². The molecule has 1 aliphatic heterocycles. The van der Waals surface area contributed by atoms with Crippen molar-refractivity contribution in [2.24, 2.45) is 0 Å². The number of hydrogen-bond donors (Lipinski definition) is 2. The number of aliphatic hydroxyl groups excluding tert-OH is 1. The summed E-state index contributed by atoms with van der Waals surface area (Å²) >= 11 is 0. The van der Waals surface area contributed by atoms with E-state index >= 15 is 0 Å². The van der Waals surface area contributed by atoms with Crippen LogP contribution in [0.25, 0.3) is 0 Å². The lowest BCUT2D eigenvalue weighted by molar-refractivity contribution is 0.0118. The van der Waals surface area contributed by atoms with Crippen LogP contribution in [0.5, 0.6) is 0 Å². The molecular formula is C13H26N2O. The van der Waals surface area contributed by atoms with Gasteiger partial charge in [-0.25, -0.2) is 5.01 Å². The highest BCUT2D eigenvalue weighted by Crippen LogP contribution is 2.24. The third-order valence-corrected chi connectivity index (χ3v) is 4.22. The molecule has 0 aromatic rings. The largest absolute Gasteiger partial charge is 0.393 e. The molecule has 0 bridgehead atoms. The first-order valence-electron chi connectivity index (χ1n) is 6.89. The number of hydrogen-bond acceptors (Lipinski definition) is 3. The Morgan fingerprint density at radius 3 is 2.06 bits per heavy atom. The SMILES string of the molecule is CC1CCCC(C)N1NC1CCC(O)CC1. The summed E-state index contributed by atoms with van der Waals surface area (Å²) in [4.78, 5) is 0. The Labute approximate surface area is 99.2 Å². The van der Waals surface area contributed by atoms with E-state index in [2.05, 4.69) is 24.3 Å². The molecule has 16 heavy (non-hydrogen) atoms. The molecule has 2 aliphatic rings. The number of nitrogens with zero attached hydrogens (tertiary/aromatic N) is 1. The van der Waals surface area contributed by atoms with Crippen LogP contribution in [0.4, 0.5) is 0 Å². The van der Waals surface area contributed by atoms with Crippen LogP contribution in [0, 0.1) is 0 Å². The summed E-state index contributed by atoms with van der Waals surface area (Å²) in [5.41, 5.74) is 3.70. The summed E-state index contributed by atoms with van der Waals surface area (Å²) in [5.74, 6) is 0. The Bertz CT molecular complexity index is 204. The minimum absolute atomic E-state index is 0.0470. The predicted molar refractivity (Wildman–Crippen MR) is 66.0 cm³/mol. The van der Waals surface area contributed by atoms with Gasteiger partial charge in [-0.1, -0.05) is 6.42 Å². The molecule has 0 spiro atoms. The van der Waals surface area contributed by atoms with Gasteiger partial charge in [0.15, 0.2) is 0 Å². The van der Waals surface area contributed by atoms with E-state index < -0.39 is 0 Å². The van der Waals surface area contributed by atoms with Crippen LogP contribution in [0.3, 0.4) is 0 Å². The van der Waals surface area contributed by atoms with E-state index in [0.29, 0.717) is 18.1 Å². The first-order chi connectivity index (χ1) is 7.66. The summed E-state index contributed by atoms with van der Waals surface area (Å²) in [6.07, 6.45) is 8.12. The van der Waals surface area contributed by atoms with Gasteiger partial charge < -0.3 is 5.11 Å². The van der Waals surface area contributed by atoms with Gasteiger partial charge >= 0.3 is 0 Å². The fourth-order valence-corrected chi connectivity index (χ4v) is 3.09. The Morgan fingerprint density at radius 2 is 1.50 bits per heavy atom. The highest BCUT2D eigenvalue weighted by Gasteiger charge is 2.28. The Balaban J connectivity index is 1.83. The molecule has 2 atom stereocenters. The average molecular weight is 226 g/mol. The quantitative estimate of drug-likeness (QED) is 0.756. The van der Waals surface area contributed by atoms with Crippen LogP contribution in [0.1, 0.15) is 58.8 Å². The van der Waals surface area contributed by atoms with Crippen LogP contribution in [-0.4, -0.2) is 34.3 Å². The second-order valence-corrected chi connectivity index (χ2v) is 5.67. The van der Waals surface area contributed by atoms with Crippen molar-refractivity contribution in [1.29, 1.82) is 0 Å². The van der Waals surface area contributed by atoms with Crippen molar-refractivity contribution in [2.75, 3.05) is 0 Å².